The first-order valence-electron chi connectivity index (χ1n) is 6.32. The molecule has 2 rings (SSSR count). The van der Waals surface area contributed by atoms with Gasteiger partial charge in [0, 0.05) is 23.2 Å². The average Bonchev–Trinajstić information content (AvgIpc) is 2.83. The van der Waals surface area contributed by atoms with Gasteiger partial charge >= 0.3 is 0 Å². The highest BCUT2D eigenvalue weighted by molar-refractivity contribution is 6.30. The minimum absolute atomic E-state index is 0.420. The fourth-order valence-electron chi connectivity index (χ4n) is 1.64. The number of ether oxygens (including phenoxy) is 1. The van der Waals surface area contributed by atoms with Crippen molar-refractivity contribution in [2.45, 2.75) is 33.0 Å². The monoisotopic (exact) mass is 279 g/mol. The van der Waals surface area contributed by atoms with E-state index in [0.29, 0.717) is 17.7 Å². The third-order valence-corrected chi connectivity index (χ3v) is 2.97. The van der Waals surface area contributed by atoms with Crippen LogP contribution in [-0.4, -0.2) is 6.04 Å². The van der Waals surface area contributed by atoms with E-state index in [0.717, 1.165) is 23.6 Å². The van der Waals surface area contributed by atoms with Gasteiger partial charge in [-0.15, -0.1) is 0 Å². The molecule has 0 unspecified atom stereocenters. The largest absolute Gasteiger partial charge is 0.486 e. The number of nitrogens with one attached hydrogen (secondary N) is 1. The highest BCUT2D eigenvalue weighted by Gasteiger charge is 2.07. The van der Waals surface area contributed by atoms with Gasteiger partial charge in [0.25, 0.3) is 0 Å². The van der Waals surface area contributed by atoms with Gasteiger partial charge in [0.2, 0.25) is 0 Å². The smallest absolute Gasteiger partial charge is 0.146 e. The molecule has 1 aromatic heterocycles. The molecule has 3 nitrogen and oxygen atoms in total. The van der Waals surface area contributed by atoms with Crippen LogP contribution < -0.4 is 10.1 Å². The Morgan fingerprint density at radius 2 is 1.95 bits per heavy atom. The molecular weight excluding hydrogens is 262 g/mol. The number of halogens is 1. The molecule has 0 aliphatic heterocycles. The lowest BCUT2D eigenvalue weighted by molar-refractivity contribution is 0.268. The van der Waals surface area contributed by atoms with E-state index >= 15 is 0 Å². The SMILES string of the molecule is CC(C)NCc1ccoc1COc1ccc(Cl)cc1. The van der Waals surface area contributed by atoms with E-state index in [-0.39, 0.29) is 0 Å². The van der Waals surface area contributed by atoms with Gasteiger partial charge in [0.15, 0.2) is 0 Å². The number of benzene rings is 1. The number of rotatable bonds is 6. The second kappa shape index (κ2) is 6.64. The Labute approximate surface area is 118 Å². The van der Waals surface area contributed by atoms with Gasteiger partial charge in [-0.25, -0.2) is 0 Å². The van der Waals surface area contributed by atoms with Crippen molar-refractivity contribution in [2.24, 2.45) is 0 Å². The minimum atomic E-state index is 0.420. The molecule has 0 radical (unpaired) electrons. The maximum atomic E-state index is 5.83. The van der Waals surface area contributed by atoms with Crippen molar-refractivity contribution in [1.29, 1.82) is 0 Å². The lowest BCUT2D eigenvalue weighted by atomic mass is 10.2. The molecule has 0 atom stereocenters. The summed E-state index contributed by atoms with van der Waals surface area (Å²) in [7, 11) is 0. The molecule has 0 fully saturated rings. The predicted molar refractivity (Wildman–Crippen MR) is 76.5 cm³/mol. The van der Waals surface area contributed by atoms with Gasteiger partial charge in [0.1, 0.15) is 18.1 Å². The molecule has 102 valence electrons. The molecule has 1 aromatic carbocycles. The van der Waals surface area contributed by atoms with Crippen LogP contribution in [0.4, 0.5) is 0 Å². The van der Waals surface area contributed by atoms with Crippen molar-refractivity contribution in [3.05, 3.63) is 52.9 Å². The van der Waals surface area contributed by atoms with Crippen molar-refractivity contribution in [1.82, 2.24) is 5.32 Å². The molecule has 19 heavy (non-hydrogen) atoms. The summed E-state index contributed by atoms with van der Waals surface area (Å²) < 4.78 is 11.1. The van der Waals surface area contributed by atoms with Gasteiger partial charge < -0.3 is 14.5 Å². The van der Waals surface area contributed by atoms with E-state index in [1.54, 1.807) is 18.4 Å². The summed E-state index contributed by atoms with van der Waals surface area (Å²) in [6, 6.07) is 9.71. The van der Waals surface area contributed by atoms with Gasteiger partial charge in [-0.05, 0) is 30.3 Å². The molecule has 1 N–H and O–H groups in total. The van der Waals surface area contributed by atoms with Crippen LogP contribution in [0.5, 0.6) is 5.75 Å². The number of furan rings is 1. The van der Waals surface area contributed by atoms with Gasteiger partial charge in [0.05, 0.1) is 6.26 Å². The predicted octanol–water partition coefficient (Wildman–Crippen LogP) is 4.01. The standard InChI is InChI=1S/C15H18ClNO2/c1-11(2)17-9-12-7-8-18-15(12)10-19-14-5-3-13(16)4-6-14/h3-8,11,17H,9-10H2,1-2H3. The lowest BCUT2D eigenvalue weighted by Crippen LogP contribution is -2.22. The van der Waals surface area contributed by atoms with Crippen LogP contribution in [0, 0.1) is 0 Å². The van der Waals surface area contributed by atoms with E-state index in [1.165, 1.54) is 0 Å². The molecule has 4 heteroatoms. The molecule has 0 saturated heterocycles. The number of hydrogen-bond donors (Lipinski definition) is 1. The van der Waals surface area contributed by atoms with Crippen molar-refractivity contribution >= 4 is 11.6 Å². The summed E-state index contributed by atoms with van der Waals surface area (Å²) in [5.41, 5.74) is 1.13. The molecule has 2 aromatic rings. The fraction of sp³-hybridized carbons (Fsp3) is 0.333. The quantitative estimate of drug-likeness (QED) is 0.867. The highest BCUT2D eigenvalue weighted by Crippen LogP contribution is 2.18. The van der Waals surface area contributed by atoms with Crippen LogP contribution in [0.15, 0.2) is 41.0 Å². The summed E-state index contributed by atoms with van der Waals surface area (Å²) in [5.74, 6) is 1.63. The third-order valence-electron chi connectivity index (χ3n) is 2.72. The molecule has 0 spiro atoms. The van der Waals surface area contributed by atoms with Gasteiger partial charge in [-0.3, -0.25) is 0 Å². The van der Waals surface area contributed by atoms with Gasteiger partial charge in [-0.2, -0.15) is 0 Å². The second-order valence-corrected chi connectivity index (χ2v) is 5.08. The van der Waals surface area contributed by atoms with Gasteiger partial charge in [-0.1, -0.05) is 25.4 Å². The normalized spacial score (nSPS) is 10.9. The summed E-state index contributed by atoms with van der Waals surface area (Å²) in [6.45, 7) is 5.44. The van der Waals surface area contributed by atoms with E-state index < -0.39 is 0 Å². The van der Waals surface area contributed by atoms with Crippen molar-refractivity contribution in [3.63, 3.8) is 0 Å². The zero-order chi connectivity index (χ0) is 13.7. The Balaban J connectivity index is 1.92. The van der Waals surface area contributed by atoms with Crippen LogP contribution in [0.3, 0.4) is 0 Å². The number of hydrogen-bond acceptors (Lipinski definition) is 3. The Hall–Kier alpha value is -1.45. The van der Waals surface area contributed by atoms with Crippen LogP contribution in [0.2, 0.25) is 5.02 Å². The molecule has 0 amide bonds. The lowest BCUT2D eigenvalue weighted by Gasteiger charge is -2.09. The molecule has 0 saturated carbocycles. The van der Waals surface area contributed by atoms with E-state index in [4.69, 9.17) is 20.8 Å². The fourth-order valence-corrected chi connectivity index (χ4v) is 1.77. The van der Waals surface area contributed by atoms with Crippen LogP contribution in [0.1, 0.15) is 25.2 Å². The molecule has 0 aliphatic rings. The zero-order valence-corrected chi connectivity index (χ0v) is 11.9. The Morgan fingerprint density at radius 1 is 1.21 bits per heavy atom. The van der Waals surface area contributed by atoms with Crippen LogP contribution in [0.25, 0.3) is 0 Å². The Bertz CT molecular complexity index is 505. The second-order valence-electron chi connectivity index (χ2n) is 4.65. The topological polar surface area (TPSA) is 34.4 Å². The molecule has 1 heterocycles. The maximum Gasteiger partial charge on any atom is 0.146 e. The molecule has 0 bridgehead atoms. The van der Waals surface area contributed by atoms with Crippen molar-refractivity contribution in [3.8, 4) is 5.75 Å². The highest BCUT2D eigenvalue weighted by atomic mass is 35.5. The zero-order valence-electron chi connectivity index (χ0n) is 11.2. The summed E-state index contributed by atoms with van der Waals surface area (Å²) in [5, 5.41) is 4.06. The van der Waals surface area contributed by atoms with E-state index in [1.807, 2.05) is 18.2 Å². The Morgan fingerprint density at radius 3 is 2.63 bits per heavy atom. The molecule has 0 aliphatic carbocycles. The molecular formula is C15H18ClNO2. The average molecular weight is 280 g/mol. The first-order chi connectivity index (χ1) is 9.15. The van der Waals surface area contributed by atoms with Crippen molar-refractivity contribution in [2.75, 3.05) is 0 Å². The Kier molecular flexibility index (Phi) is 4.88. The summed E-state index contributed by atoms with van der Waals surface area (Å²) in [6.07, 6.45) is 1.69. The summed E-state index contributed by atoms with van der Waals surface area (Å²) >= 11 is 5.83. The van der Waals surface area contributed by atoms with Crippen LogP contribution >= 0.6 is 11.6 Å². The first-order valence-corrected chi connectivity index (χ1v) is 6.70. The maximum absolute atomic E-state index is 5.83. The first kappa shape index (κ1) is 14.0. The minimum Gasteiger partial charge on any atom is -0.486 e. The summed E-state index contributed by atoms with van der Waals surface area (Å²) in [4.78, 5) is 0. The van der Waals surface area contributed by atoms with Crippen molar-refractivity contribution < 1.29 is 9.15 Å². The third kappa shape index (κ3) is 4.30. The van der Waals surface area contributed by atoms with Crippen LogP contribution in [-0.2, 0) is 13.2 Å². The van der Waals surface area contributed by atoms with E-state index in [9.17, 15) is 0 Å². The van der Waals surface area contributed by atoms with E-state index in [2.05, 4.69) is 19.2 Å².